The third-order valence-electron chi connectivity index (χ3n) is 6.43. The largest absolute Gasteiger partial charge is 0.414 e. The van der Waals surface area contributed by atoms with Crippen molar-refractivity contribution in [3.63, 3.8) is 0 Å². The van der Waals surface area contributed by atoms with Crippen LogP contribution in [0.15, 0.2) is 35.8 Å². The van der Waals surface area contributed by atoms with E-state index in [1.807, 2.05) is 43.9 Å². The van der Waals surface area contributed by atoms with Crippen molar-refractivity contribution < 1.29 is 14.3 Å². The molecule has 0 spiro atoms. The normalized spacial score (nSPS) is 21.1. The number of hydrogen-bond acceptors (Lipinski definition) is 6. The lowest BCUT2D eigenvalue weighted by molar-refractivity contribution is 0.0700. The van der Waals surface area contributed by atoms with Crippen LogP contribution in [0.25, 0.3) is 10.4 Å². The van der Waals surface area contributed by atoms with Crippen LogP contribution >= 0.6 is 11.3 Å². The number of fused-ring (bicyclic) bond motifs is 1. The van der Waals surface area contributed by atoms with Crippen LogP contribution in [0.3, 0.4) is 0 Å². The van der Waals surface area contributed by atoms with Gasteiger partial charge >= 0.3 is 6.09 Å². The topological polar surface area (TPSA) is 89.4 Å². The van der Waals surface area contributed by atoms with Gasteiger partial charge in [-0.15, -0.1) is 11.3 Å². The fourth-order valence-electron chi connectivity index (χ4n) is 4.74. The fourth-order valence-corrected chi connectivity index (χ4v) is 5.52. The van der Waals surface area contributed by atoms with Crippen LogP contribution in [-0.4, -0.2) is 50.8 Å². The molecule has 2 aromatic heterocycles. The molecule has 0 unspecified atom stereocenters. The third-order valence-corrected chi connectivity index (χ3v) is 7.31. The number of thiazole rings is 1. The molecule has 1 aromatic carbocycles. The fraction of sp³-hybridized carbons (Fsp3) is 0.417. The smallest absolute Gasteiger partial charge is 0.392 e. The van der Waals surface area contributed by atoms with Gasteiger partial charge in [-0.3, -0.25) is 4.79 Å². The maximum absolute atomic E-state index is 13.5. The minimum absolute atomic E-state index is 0.0556. The molecule has 3 heterocycles. The first-order valence-corrected chi connectivity index (χ1v) is 12.1. The highest BCUT2D eigenvalue weighted by molar-refractivity contribution is 7.13. The Morgan fingerprint density at radius 2 is 2.12 bits per heavy atom. The van der Waals surface area contributed by atoms with Gasteiger partial charge < -0.3 is 15.0 Å². The number of carbonyl (C=O) groups is 2. The second-order valence-electron chi connectivity index (χ2n) is 8.79. The molecule has 2 amide bonds. The number of carbonyl (C=O) groups excluding carboxylic acids is 2. The molecule has 1 aliphatic heterocycles. The molecule has 2 aliphatic rings. The lowest BCUT2D eigenvalue weighted by atomic mass is 10.1. The Kier molecular flexibility index (Phi) is 5.65. The van der Waals surface area contributed by atoms with Gasteiger partial charge in [0, 0.05) is 25.7 Å². The summed E-state index contributed by atoms with van der Waals surface area (Å²) in [5, 5.41) is 7.15. The number of hydrogen-bond donors (Lipinski definition) is 1. The van der Waals surface area contributed by atoms with Crippen LogP contribution in [-0.2, 0) is 6.54 Å². The molecule has 8 nitrogen and oxygen atoms in total. The standard InChI is InChI=1S/C24H27N5O3S/c1-4-29-20(9-15(3)27-29)32-24(31)25-11-19-18-10-17(18)12-28(19)23(30)21-22(33-13-26-21)16-7-5-6-14(2)8-16/h5-9,13,17-19H,4,10-12H2,1-3H3,(H,25,31)/t17-,18-,19+/m0/s1. The summed E-state index contributed by atoms with van der Waals surface area (Å²) in [6.45, 7) is 7.51. The zero-order valence-electron chi connectivity index (χ0n) is 18.9. The number of likely N-dealkylation sites (tertiary alicyclic amines) is 1. The zero-order chi connectivity index (χ0) is 23.1. The average molecular weight is 466 g/mol. The molecule has 9 heteroatoms. The maximum atomic E-state index is 13.5. The summed E-state index contributed by atoms with van der Waals surface area (Å²) in [7, 11) is 0. The summed E-state index contributed by atoms with van der Waals surface area (Å²) in [5.74, 6) is 1.27. The number of aromatic nitrogens is 3. The van der Waals surface area contributed by atoms with Gasteiger partial charge in [-0.25, -0.2) is 14.5 Å². The van der Waals surface area contributed by atoms with Crippen LogP contribution in [0.2, 0.25) is 0 Å². The van der Waals surface area contributed by atoms with Crippen molar-refractivity contribution in [3.8, 4) is 16.3 Å². The third kappa shape index (κ3) is 4.25. The van der Waals surface area contributed by atoms with Gasteiger partial charge in [0.25, 0.3) is 5.91 Å². The van der Waals surface area contributed by atoms with Gasteiger partial charge in [0.1, 0.15) is 5.69 Å². The molecule has 1 saturated carbocycles. The van der Waals surface area contributed by atoms with Gasteiger partial charge in [-0.1, -0.05) is 29.8 Å². The van der Waals surface area contributed by atoms with E-state index < -0.39 is 6.09 Å². The first-order valence-electron chi connectivity index (χ1n) is 11.3. The average Bonchev–Trinajstić information content (AvgIpc) is 3.13. The van der Waals surface area contributed by atoms with Gasteiger partial charge in [0.2, 0.25) is 5.88 Å². The summed E-state index contributed by atoms with van der Waals surface area (Å²) in [6, 6.07) is 9.80. The molecule has 5 rings (SSSR count). The quantitative estimate of drug-likeness (QED) is 0.597. The van der Waals surface area contributed by atoms with Crippen LogP contribution < -0.4 is 10.1 Å². The van der Waals surface area contributed by atoms with Gasteiger partial charge in [-0.05, 0) is 44.6 Å². The van der Waals surface area contributed by atoms with Gasteiger partial charge in [0.05, 0.1) is 22.1 Å². The second kappa shape index (κ2) is 8.62. The van der Waals surface area contributed by atoms with Crippen LogP contribution in [0.4, 0.5) is 4.79 Å². The minimum atomic E-state index is -0.532. The van der Waals surface area contributed by atoms with Crippen molar-refractivity contribution in [1.82, 2.24) is 25.0 Å². The Hall–Kier alpha value is -3.20. The predicted octanol–water partition coefficient (Wildman–Crippen LogP) is 3.89. The van der Waals surface area contributed by atoms with Crippen molar-refractivity contribution in [1.29, 1.82) is 0 Å². The number of nitrogens with zero attached hydrogens (tertiary/aromatic N) is 4. The van der Waals surface area contributed by atoms with Gasteiger partial charge in [0.15, 0.2) is 0 Å². The molecular weight excluding hydrogens is 438 g/mol. The van der Waals surface area contributed by atoms with E-state index in [1.54, 1.807) is 16.3 Å². The highest BCUT2D eigenvalue weighted by atomic mass is 32.1. The molecule has 1 aliphatic carbocycles. The van der Waals surface area contributed by atoms with Crippen LogP contribution in [0.5, 0.6) is 5.88 Å². The minimum Gasteiger partial charge on any atom is -0.392 e. The van der Waals surface area contributed by atoms with Crippen molar-refractivity contribution in [2.75, 3.05) is 13.1 Å². The Labute approximate surface area is 196 Å². The van der Waals surface area contributed by atoms with Gasteiger partial charge in [-0.2, -0.15) is 5.10 Å². The zero-order valence-corrected chi connectivity index (χ0v) is 19.8. The Morgan fingerprint density at radius 1 is 1.27 bits per heavy atom. The number of benzene rings is 1. The van der Waals surface area contributed by atoms with E-state index >= 15 is 0 Å². The number of aryl methyl sites for hydroxylation is 3. The lowest BCUT2D eigenvalue weighted by Gasteiger charge is -2.27. The summed E-state index contributed by atoms with van der Waals surface area (Å²) >= 11 is 1.48. The number of piperidine rings is 1. The van der Waals surface area contributed by atoms with Crippen LogP contribution in [0.1, 0.15) is 35.1 Å². The first-order chi connectivity index (χ1) is 15.9. The van der Waals surface area contributed by atoms with Crippen molar-refractivity contribution in [2.45, 2.75) is 39.8 Å². The number of nitrogens with one attached hydrogen (secondary N) is 1. The van der Waals surface area contributed by atoms with E-state index in [0.29, 0.717) is 43.0 Å². The highest BCUT2D eigenvalue weighted by Crippen LogP contribution is 2.50. The summed E-state index contributed by atoms with van der Waals surface area (Å²) in [5.41, 5.74) is 5.15. The molecule has 0 bridgehead atoms. The van der Waals surface area contributed by atoms with Crippen molar-refractivity contribution in [2.24, 2.45) is 11.8 Å². The highest BCUT2D eigenvalue weighted by Gasteiger charge is 2.54. The van der Waals surface area contributed by atoms with Crippen LogP contribution in [0, 0.1) is 25.7 Å². The lowest BCUT2D eigenvalue weighted by Crippen LogP contribution is -2.46. The molecule has 3 atom stereocenters. The van der Waals surface area contributed by atoms with Crippen molar-refractivity contribution in [3.05, 3.63) is 52.8 Å². The molecule has 33 heavy (non-hydrogen) atoms. The van der Waals surface area contributed by atoms with E-state index in [-0.39, 0.29) is 11.9 Å². The predicted molar refractivity (Wildman–Crippen MR) is 125 cm³/mol. The number of amides is 2. The molecular formula is C24H27N5O3S. The SMILES string of the molecule is CCn1nc(C)cc1OC(=O)NC[C@@H]1[C@H]2C[C@H]2CN1C(=O)c1ncsc1-c1cccc(C)c1. The molecule has 1 saturated heterocycles. The maximum Gasteiger partial charge on any atom is 0.414 e. The molecule has 0 radical (unpaired) electrons. The second-order valence-corrected chi connectivity index (χ2v) is 9.65. The molecule has 2 fully saturated rings. The first kappa shape index (κ1) is 21.6. The Bertz CT molecular complexity index is 1200. The monoisotopic (exact) mass is 465 g/mol. The van der Waals surface area contributed by atoms with E-state index in [4.69, 9.17) is 4.74 Å². The van der Waals surface area contributed by atoms with Crippen molar-refractivity contribution >= 4 is 23.3 Å². The molecule has 172 valence electrons. The molecule has 3 aromatic rings. The molecule has 1 N–H and O–H groups in total. The van der Waals surface area contributed by atoms with E-state index in [2.05, 4.69) is 21.5 Å². The summed E-state index contributed by atoms with van der Waals surface area (Å²) in [6.07, 6.45) is 0.560. The summed E-state index contributed by atoms with van der Waals surface area (Å²) in [4.78, 5) is 33.1. The summed E-state index contributed by atoms with van der Waals surface area (Å²) < 4.78 is 7.10. The van der Waals surface area contributed by atoms with E-state index in [0.717, 1.165) is 28.1 Å². The van der Waals surface area contributed by atoms with E-state index in [1.165, 1.54) is 11.3 Å². The number of rotatable bonds is 6. The Morgan fingerprint density at radius 3 is 2.91 bits per heavy atom. The number of ether oxygens (including phenoxy) is 1. The Balaban J connectivity index is 1.28. The van der Waals surface area contributed by atoms with E-state index in [9.17, 15) is 9.59 Å².